The topological polar surface area (TPSA) is 85.9 Å². The maximum absolute atomic E-state index is 12.2. The number of aromatic nitrogens is 2. The van der Waals surface area contributed by atoms with Crippen LogP contribution in [0.15, 0.2) is 33.5 Å². The molecule has 3 rings (SSSR count). The van der Waals surface area contributed by atoms with E-state index in [0.717, 1.165) is 21.4 Å². The number of fused-ring (bicyclic) bond motifs is 1. The van der Waals surface area contributed by atoms with Crippen molar-refractivity contribution >= 4 is 55.6 Å². The van der Waals surface area contributed by atoms with Gasteiger partial charge in [0.25, 0.3) is 5.56 Å². The zero-order valence-electron chi connectivity index (χ0n) is 11.9. The van der Waals surface area contributed by atoms with Gasteiger partial charge in [-0.2, -0.15) is 0 Å². The predicted octanol–water partition coefficient (Wildman–Crippen LogP) is 2.59. The number of H-pyrrole nitrogens is 1. The Bertz CT molecular complexity index is 1000. The molecule has 0 radical (unpaired) electrons. The first-order valence-electron chi connectivity index (χ1n) is 6.64. The highest BCUT2D eigenvalue weighted by atomic mass is 79.9. The van der Waals surface area contributed by atoms with E-state index >= 15 is 0 Å². The maximum Gasteiger partial charge on any atom is 0.260 e. The molecule has 7 heteroatoms. The van der Waals surface area contributed by atoms with Crippen molar-refractivity contribution in [3.8, 4) is 0 Å². The van der Waals surface area contributed by atoms with Gasteiger partial charge in [-0.3, -0.25) is 4.79 Å². The molecule has 2 heterocycles. The van der Waals surface area contributed by atoms with Crippen LogP contribution in [0.5, 0.6) is 0 Å². The van der Waals surface area contributed by atoms with Gasteiger partial charge in [-0.05, 0) is 36.3 Å². The van der Waals surface area contributed by atoms with E-state index in [-0.39, 0.29) is 10.4 Å². The van der Waals surface area contributed by atoms with Crippen LogP contribution >= 0.6 is 27.3 Å². The number of nitrogens with zero attached hydrogens (tertiary/aromatic N) is 1. The van der Waals surface area contributed by atoms with Crippen LogP contribution in [0.4, 0.5) is 0 Å². The number of rotatable bonds is 3. The SMILES string of the molecule is Cc1c(C(=O)[O-])sc2nc(/C=C/c3cccc(Br)c3)[nH]c(=O)c12. The molecule has 2 aromatic heterocycles. The Hall–Kier alpha value is -2.25. The summed E-state index contributed by atoms with van der Waals surface area (Å²) in [7, 11) is 0. The normalized spacial score (nSPS) is 11.4. The van der Waals surface area contributed by atoms with Gasteiger partial charge in [-0.15, -0.1) is 11.3 Å². The summed E-state index contributed by atoms with van der Waals surface area (Å²) in [6.45, 7) is 1.58. The minimum absolute atomic E-state index is 0.0334. The number of hydrogen-bond acceptors (Lipinski definition) is 5. The lowest BCUT2D eigenvalue weighted by atomic mass is 10.2. The molecule has 0 aliphatic rings. The predicted molar refractivity (Wildman–Crippen MR) is 92.4 cm³/mol. The van der Waals surface area contributed by atoms with Crippen molar-refractivity contribution in [1.82, 2.24) is 9.97 Å². The summed E-state index contributed by atoms with van der Waals surface area (Å²) in [6, 6.07) is 7.66. The quantitative estimate of drug-likeness (QED) is 0.745. The molecule has 0 saturated heterocycles. The van der Waals surface area contributed by atoms with Gasteiger partial charge in [-0.25, -0.2) is 4.98 Å². The van der Waals surface area contributed by atoms with Crippen LogP contribution in [-0.4, -0.2) is 15.9 Å². The molecule has 5 nitrogen and oxygen atoms in total. The molecule has 0 atom stereocenters. The molecule has 0 aliphatic heterocycles. The van der Waals surface area contributed by atoms with Gasteiger partial charge < -0.3 is 14.9 Å². The molecule has 0 aliphatic carbocycles. The molecule has 0 fully saturated rings. The fourth-order valence-electron chi connectivity index (χ4n) is 2.22. The zero-order valence-corrected chi connectivity index (χ0v) is 14.3. The molecule has 1 N–H and O–H groups in total. The third-order valence-electron chi connectivity index (χ3n) is 3.29. The highest BCUT2D eigenvalue weighted by Gasteiger charge is 2.14. The molecule has 0 spiro atoms. The number of carbonyl (C=O) groups is 1. The Kier molecular flexibility index (Phi) is 4.14. The van der Waals surface area contributed by atoms with E-state index < -0.39 is 5.97 Å². The summed E-state index contributed by atoms with van der Waals surface area (Å²) in [5.74, 6) is -0.926. The average Bonchev–Trinajstić information content (AvgIpc) is 2.83. The fourth-order valence-corrected chi connectivity index (χ4v) is 3.66. The molecule has 0 saturated carbocycles. The molecule has 116 valence electrons. The maximum atomic E-state index is 12.2. The van der Waals surface area contributed by atoms with Gasteiger partial charge in [0, 0.05) is 4.47 Å². The third kappa shape index (κ3) is 3.11. The van der Waals surface area contributed by atoms with Gasteiger partial charge >= 0.3 is 0 Å². The van der Waals surface area contributed by atoms with Crippen molar-refractivity contribution in [2.45, 2.75) is 6.92 Å². The molecular weight excluding hydrogens is 380 g/mol. The van der Waals surface area contributed by atoms with Crippen LogP contribution in [0, 0.1) is 6.92 Å². The minimum Gasteiger partial charge on any atom is -0.544 e. The minimum atomic E-state index is -1.30. The summed E-state index contributed by atoms with van der Waals surface area (Å²) in [6.07, 6.45) is 3.49. The number of halogens is 1. The van der Waals surface area contributed by atoms with Gasteiger partial charge in [0.2, 0.25) is 0 Å². The van der Waals surface area contributed by atoms with E-state index in [2.05, 4.69) is 25.9 Å². The molecule has 1 aromatic carbocycles. The van der Waals surface area contributed by atoms with Crippen LogP contribution in [-0.2, 0) is 0 Å². The van der Waals surface area contributed by atoms with Crippen molar-refractivity contribution in [2.75, 3.05) is 0 Å². The first-order valence-corrected chi connectivity index (χ1v) is 8.25. The summed E-state index contributed by atoms with van der Waals surface area (Å²) in [4.78, 5) is 30.6. The Morgan fingerprint density at radius 3 is 2.87 bits per heavy atom. The number of carboxylic acids is 1. The van der Waals surface area contributed by atoms with Crippen molar-refractivity contribution < 1.29 is 9.90 Å². The average molecular weight is 390 g/mol. The first-order chi connectivity index (χ1) is 11.0. The summed E-state index contributed by atoms with van der Waals surface area (Å²) >= 11 is 4.34. The molecular formula is C16H10BrN2O3S-. The van der Waals surface area contributed by atoms with Crippen molar-refractivity contribution in [1.29, 1.82) is 0 Å². The Morgan fingerprint density at radius 2 is 2.17 bits per heavy atom. The Balaban J connectivity index is 2.06. The van der Waals surface area contributed by atoms with Crippen LogP contribution < -0.4 is 10.7 Å². The second-order valence-electron chi connectivity index (χ2n) is 4.86. The monoisotopic (exact) mass is 389 g/mol. The van der Waals surface area contributed by atoms with Crippen molar-refractivity contribution in [3.05, 3.63) is 60.9 Å². The number of nitrogens with one attached hydrogen (secondary N) is 1. The summed E-state index contributed by atoms with van der Waals surface area (Å²) in [5, 5.41) is 11.4. The number of carbonyl (C=O) groups excluding carboxylic acids is 1. The number of benzene rings is 1. The van der Waals surface area contributed by atoms with Crippen molar-refractivity contribution in [3.63, 3.8) is 0 Å². The second-order valence-corrected chi connectivity index (χ2v) is 6.78. The lowest BCUT2D eigenvalue weighted by Gasteiger charge is -1.98. The van der Waals surface area contributed by atoms with Gasteiger partial charge in [-0.1, -0.05) is 34.1 Å². The van der Waals surface area contributed by atoms with E-state index in [1.807, 2.05) is 30.3 Å². The number of carboxylic acid groups (broad SMARTS) is 1. The van der Waals surface area contributed by atoms with Crippen molar-refractivity contribution in [2.24, 2.45) is 0 Å². The highest BCUT2D eigenvalue weighted by molar-refractivity contribution is 9.10. The van der Waals surface area contributed by atoms with E-state index in [1.165, 1.54) is 0 Å². The smallest absolute Gasteiger partial charge is 0.260 e. The van der Waals surface area contributed by atoms with Crippen LogP contribution in [0.1, 0.15) is 26.6 Å². The Labute approximate surface area is 143 Å². The van der Waals surface area contributed by atoms with Gasteiger partial charge in [0.05, 0.1) is 16.2 Å². The summed E-state index contributed by atoms with van der Waals surface area (Å²) in [5.41, 5.74) is 0.978. The molecule has 3 aromatic rings. The number of aryl methyl sites for hydroxylation is 1. The van der Waals surface area contributed by atoms with Gasteiger partial charge in [0.15, 0.2) is 0 Å². The summed E-state index contributed by atoms with van der Waals surface area (Å²) < 4.78 is 0.948. The number of aromatic carboxylic acids is 1. The van der Waals surface area contributed by atoms with Crippen LogP contribution in [0.25, 0.3) is 22.4 Å². The number of thiophene rings is 1. The van der Waals surface area contributed by atoms with E-state index in [0.29, 0.717) is 21.6 Å². The lowest BCUT2D eigenvalue weighted by Crippen LogP contribution is -2.21. The standard InChI is InChI=1S/C16H11BrN2O3S/c1-8-12-14(20)18-11(19-15(12)23-13(8)16(21)22)6-5-9-3-2-4-10(17)7-9/h2-7H,1H3,(H,21,22)(H,18,19,20)/p-1/b6-5+. The third-order valence-corrected chi connectivity index (χ3v) is 4.95. The van der Waals surface area contributed by atoms with E-state index in [4.69, 9.17) is 0 Å². The number of hydrogen-bond donors (Lipinski definition) is 1. The fraction of sp³-hybridized carbons (Fsp3) is 0.0625. The van der Waals surface area contributed by atoms with E-state index in [1.54, 1.807) is 13.0 Å². The molecule has 0 amide bonds. The first kappa shape index (κ1) is 15.6. The zero-order chi connectivity index (χ0) is 16.6. The van der Waals surface area contributed by atoms with Crippen LogP contribution in [0.3, 0.4) is 0 Å². The van der Waals surface area contributed by atoms with E-state index in [9.17, 15) is 14.7 Å². The molecule has 0 unspecified atom stereocenters. The lowest BCUT2D eigenvalue weighted by molar-refractivity contribution is -0.254. The Morgan fingerprint density at radius 1 is 1.39 bits per heavy atom. The van der Waals surface area contributed by atoms with Gasteiger partial charge in [0.1, 0.15) is 10.7 Å². The molecule has 0 bridgehead atoms. The number of aromatic amines is 1. The largest absolute Gasteiger partial charge is 0.544 e. The van der Waals surface area contributed by atoms with Crippen LogP contribution in [0.2, 0.25) is 0 Å². The highest BCUT2D eigenvalue weighted by Crippen LogP contribution is 2.26. The second kappa shape index (κ2) is 6.10. The molecule has 23 heavy (non-hydrogen) atoms.